The molecule has 0 unspecified atom stereocenters. The number of oxime groups is 1. The van der Waals surface area contributed by atoms with E-state index in [0.29, 0.717) is 23.4 Å². The van der Waals surface area contributed by atoms with Crippen molar-refractivity contribution in [3.63, 3.8) is 0 Å². The number of pyridine rings is 1. The number of benzene rings is 1. The van der Waals surface area contributed by atoms with Crippen LogP contribution in [0.5, 0.6) is 11.5 Å². The number of Topliss-reactive ketones (excluding diaryl/α,β-unsaturated/α-hetero) is 1. The average Bonchev–Trinajstić information content (AvgIpc) is 3.69. The number of thioether (sulfide) groups is 1. The van der Waals surface area contributed by atoms with Crippen LogP contribution in [0.25, 0.3) is 16.5 Å². The number of nitrogens with one attached hydrogen (secondary N) is 1. The molecule has 0 radical (unpaired) electrons. The van der Waals surface area contributed by atoms with E-state index in [1.807, 2.05) is 23.8 Å². The van der Waals surface area contributed by atoms with Gasteiger partial charge in [0.15, 0.2) is 52.2 Å². The van der Waals surface area contributed by atoms with Gasteiger partial charge in [-0.1, -0.05) is 5.16 Å². The number of anilines is 1. The first-order valence-electron chi connectivity index (χ1n) is 13.7. The van der Waals surface area contributed by atoms with Crippen LogP contribution in [0.2, 0.25) is 0 Å². The number of nitrogens with two attached hydrogens (primary N) is 1. The fourth-order valence-electron chi connectivity index (χ4n) is 5.05. The Hall–Kier alpha value is -4.17. The predicted octanol–water partition coefficient (Wildman–Crippen LogP) is -3.35. The quantitative estimate of drug-likeness (QED) is 0.0317. The Kier molecular flexibility index (Phi) is 9.56. The zero-order valence-electron chi connectivity index (χ0n) is 25.5. The maximum absolute atomic E-state index is 13.7. The second-order valence-electron chi connectivity index (χ2n) is 11.1. The maximum atomic E-state index is 13.7. The molecule has 238 valence electrons. The van der Waals surface area contributed by atoms with E-state index in [1.165, 1.54) is 37.7 Å². The minimum absolute atomic E-state index is 0. The van der Waals surface area contributed by atoms with E-state index in [1.54, 1.807) is 4.90 Å². The molecule has 4 aromatic rings. The second-order valence-corrected chi connectivity index (χ2v) is 13.0. The first-order chi connectivity index (χ1) is 21.8. The molecule has 0 spiro atoms. The molecule has 1 saturated heterocycles. The van der Waals surface area contributed by atoms with Crippen LogP contribution in [0.4, 0.5) is 5.13 Å². The number of hydrogen-bond acceptors (Lipinski definition) is 16. The molecule has 2 aliphatic heterocycles. The van der Waals surface area contributed by atoms with E-state index in [-0.39, 0.29) is 75.9 Å². The van der Waals surface area contributed by atoms with Crippen molar-refractivity contribution in [1.29, 1.82) is 0 Å². The van der Waals surface area contributed by atoms with E-state index in [0.717, 1.165) is 28.2 Å². The fourth-order valence-corrected chi connectivity index (χ4v) is 6.89. The minimum Gasteiger partial charge on any atom is -0.546 e. The van der Waals surface area contributed by atoms with E-state index < -0.39 is 28.6 Å². The number of amides is 1. The van der Waals surface area contributed by atoms with E-state index in [4.69, 9.17) is 10.6 Å². The number of carbonyl (C=O) groups is 3. The summed E-state index contributed by atoms with van der Waals surface area (Å²) in [5.41, 5.74) is 5.61. The number of β-lactam (4-membered cyclic amide) rings is 1. The molecule has 3 aromatic heterocycles. The number of nitrogens with zero attached hydrogens (tertiary/aromatic N) is 8. The number of phenols is 2. The standard InChI is InChI=1S/C27H26N10O7S2.Na/c1-11-4-12-5-16(38)17(39)6-13(12)8-36(11)9-14-10-45-24-15(23(41)37(24)20(14)22-30-34-35-31-22)7-18(40)19(21-29-26(28)46-33-21)32-44-27(2,3)25(42)43;/h4-6,8,15,24H,7,9-10H2,1-3H3,(H5,28,29,30,31,33,34,35,39,42,43);/q;+1/b32-19+;/t15-,24-;/m1./s1. The third-order valence-corrected chi connectivity index (χ3v) is 9.49. The topological polar surface area (TPSA) is 250 Å². The predicted molar refractivity (Wildman–Crippen MR) is 161 cm³/mol. The molecule has 0 saturated carbocycles. The molecule has 1 fully saturated rings. The Labute approximate surface area is 296 Å². The Morgan fingerprint density at radius 1 is 1.26 bits per heavy atom. The number of carboxylic acids is 1. The molecule has 0 bridgehead atoms. The van der Waals surface area contributed by atoms with Crippen LogP contribution >= 0.6 is 23.3 Å². The largest absolute Gasteiger partial charge is 1.00 e. The van der Waals surface area contributed by atoms with E-state index in [9.17, 15) is 29.7 Å². The van der Waals surface area contributed by atoms with Crippen molar-refractivity contribution < 1.29 is 68.7 Å². The molecule has 5 heterocycles. The number of phenolic OH excluding ortho intramolecular Hbond substituents is 2. The molecule has 17 nitrogen and oxygen atoms in total. The van der Waals surface area contributed by atoms with Crippen molar-refractivity contribution >= 4 is 68.3 Å². The number of aromatic nitrogens is 7. The first kappa shape index (κ1) is 34.2. The Morgan fingerprint density at radius 2 is 1.98 bits per heavy atom. The van der Waals surface area contributed by atoms with Crippen LogP contribution in [-0.2, 0) is 25.8 Å². The van der Waals surface area contributed by atoms with Crippen LogP contribution in [0, 0.1) is 12.8 Å². The van der Waals surface area contributed by atoms with E-state index >= 15 is 0 Å². The summed E-state index contributed by atoms with van der Waals surface area (Å²) >= 11 is 2.27. The Morgan fingerprint density at radius 3 is 2.62 bits per heavy atom. The number of aromatic amines is 1. The van der Waals surface area contributed by atoms with Gasteiger partial charge in [0.25, 0.3) is 0 Å². The van der Waals surface area contributed by atoms with Gasteiger partial charge in [-0.2, -0.15) is 19.1 Å². The van der Waals surface area contributed by atoms with Gasteiger partial charge in [-0.25, -0.2) is 0 Å². The average molecular weight is 690 g/mol. The number of nitrogen functional groups attached to an aromatic ring is 1. The summed E-state index contributed by atoms with van der Waals surface area (Å²) in [6.07, 6.45) is 1.55. The van der Waals surface area contributed by atoms with E-state index in [2.05, 4.69) is 35.1 Å². The molecule has 1 amide bonds. The van der Waals surface area contributed by atoms with Crippen LogP contribution in [0.15, 0.2) is 35.1 Å². The first-order valence-corrected chi connectivity index (χ1v) is 15.5. The van der Waals surface area contributed by atoms with Crippen LogP contribution < -0.4 is 45.0 Å². The number of H-pyrrole nitrogens is 1. The fraction of sp³-hybridized carbons (Fsp3) is 0.333. The zero-order valence-corrected chi connectivity index (χ0v) is 29.1. The molecule has 5 N–H and O–H groups in total. The summed E-state index contributed by atoms with van der Waals surface area (Å²) in [6.45, 7) is 4.66. The van der Waals surface area contributed by atoms with Crippen LogP contribution in [0.1, 0.15) is 37.6 Å². The smallest absolute Gasteiger partial charge is 0.546 e. The van der Waals surface area contributed by atoms with Crippen molar-refractivity contribution in [3.05, 3.63) is 47.3 Å². The number of rotatable bonds is 10. The number of carbonyl (C=O) groups excluding carboxylic acids is 3. The second kappa shape index (κ2) is 13.1. The third kappa shape index (κ3) is 6.53. The molecule has 0 aliphatic carbocycles. The number of aliphatic carboxylic acids is 1. The zero-order chi connectivity index (χ0) is 32.9. The number of aromatic hydroxyl groups is 2. The summed E-state index contributed by atoms with van der Waals surface area (Å²) in [7, 11) is 0. The summed E-state index contributed by atoms with van der Waals surface area (Å²) in [6, 6.07) is 4.83. The van der Waals surface area contributed by atoms with Crippen molar-refractivity contribution in [2.45, 2.75) is 44.7 Å². The van der Waals surface area contributed by atoms with Gasteiger partial charge >= 0.3 is 29.6 Å². The van der Waals surface area contributed by atoms with Gasteiger partial charge in [-0.3, -0.25) is 14.5 Å². The van der Waals surface area contributed by atoms with Gasteiger partial charge in [0.1, 0.15) is 0 Å². The number of carboxylic acid groups (broad SMARTS) is 1. The Balaban J connectivity index is 0.00000433. The SMILES string of the molecule is Cc1cc2cc(O)c(O)cc2c[n+]1CC1=C(c2nn[nH]n2)N2C(=O)[C@@H](CC(=O)/C(=N\OC(C)(C)C(=O)[O-])c3nsc(N)n3)[C@H]2SC1.[Na+]. The molecule has 6 rings (SSSR count). The maximum Gasteiger partial charge on any atom is 1.00 e. The minimum atomic E-state index is -1.86. The molecule has 2 aliphatic rings. The number of aryl methyl sites for hydroxylation is 1. The van der Waals surface area contributed by atoms with Gasteiger partial charge in [-0.05, 0) is 36.6 Å². The van der Waals surface area contributed by atoms with Crippen molar-refractivity contribution in [2.75, 3.05) is 11.5 Å². The summed E-state index contributed by atoms with van der Waals surface area (Å²) in [5.74, 6) is -3.25. The van der Waals surface area contributed by atoms with Crippen molar-refractivity contribution in [3.8, 4) is 11.5 Å². The van der Waals surface area contributed by atoms with Gasteiger partial charge in [-0.15, -0.1) is 22.0 Å². The monoisotopic (exact) mass is 689 g/mol. The van der Waals surface area contributed by atoms with Crippen molar-refractivity contribution in [2.24, 2.45) is 11.1 Å². The molecular formula is C27H26N10NaO7S2+. The summed E-state index contributed by atoms with van der Waals surface area (Å²) in [4.78, 5) is 49.3. The molecule has 2 atom stereocenters. The molecular weight excluding hydrogens is 663 g/mol. The molecule has 20 heteroatoms. The number of ketones is 1. The normalized spacial score (nSPS) is 18.1. The van der Waals surface area contributed by atoms with Gasteiger partial charge < -0.3 is 30.7 Å². The van der Waals surface area contributed by atoms with Gasteiger partial charge in [0.05, 0.1) is 23.0 Å². The molecule has 1 aromatic carbocycles. The number of hydrogen-bond donors (Lipinski definition) is 4. The number of tetrazole rings is 1. The summed E-state index contributed by atoms with van der Waals surface area (Å²) < 4.78 is 5.96. The van der Waals surface area contributed by atoms with Crippen molar-refractivity contribution in [1.82, 2.24) is 34.9 Å². The third-order valence-electron chi connectivity index (χ3n) is 7.55. The van der Waals surface area contributed by atoms with Crippen LogP contribution in [-0.4, -0.2) is 85.2 Å². The Bertz CT molecular complexity index is 1960. The summed E-state index contributed by atoms with van der Waals surface area (Å²) in [5, 5.41) is 50.5. The van der Waals surface area contributed by atoms with Gasteiger partial charge in [0, 0.05) is 47.7 Å². The van der Waals surface area contributed by atoms with Gasteiger partial charge in [0.2, 0.25) is 17.6 Å². The molecule has 47 heavy (non-hydrogen) atoms. The number of fused-ring (bicyclic) bond motifs is 2. The van der Waals surface area contributed by atoms with Crippen LogP contribution in [0.3, 0.4) is 0 Å².